The second-order valence-corrected chi connectivity index (χ2v) is 4.94. The normalized spacial score (nSPS) is 9.84. The van der Waals surface area contributed by atoms with Gasteiger partial charge in [-0.1, -0.05) is 12.1 Å². The highest BCUT2D eigenvalue weighted by molar-refractivity contribution is 6.00. The van der Waals surface area contributed by atoms with Gasteiger partial charge in [0.05, 0.1) is 32.0 Å². The average molecular weight is 344 g/mol. The fraction of sp³-hybridized carbons (Fsp3) is 0.222. The minimum atomic E-state index is -0.515. The number of methoxy groups -OCH3 is 2. The monoisotopic (exact) mass is 344 g/mol. The van der Waals surface area contributed by atoms with Crippen molar-refractivity contribution in [2.24, 2.45) is 0 Å². The van der Waals surface area contributed by atoms with E-state index >= 15 is 0 Å². The van der Waals surface area contributed by atoms with E-state index in [1.807, 2.05) is 0 Å². The van der Waals surface area contributed by atoms with Gasteiger partial charge in [-0.2, -0.15) is 0 Å². The maximum absolute atomic E-state index is 11.9. The minimum Gasteiger partial charge on any atom is -0.497 e. The summed E-state index contributed by atoms with van der Waals surface area (Å²) in [7, 11) is 2.88. The minimum absolute atomic E-state index is 0.287. The maximum Gasteiger partial charge on any atom is 0.339 e. The highest BCUT2D eigenvalue weighted by atomic mass is 16.5. The number of ether oxygens (including phenoxy) is 3. The highest BCUT2D eigenvalue weighted by Gasteiger charge is 2.12. The molecule has 2 N–H and O–H groups in total. The van der Waals surface area contributed by atoms with Crippen LogP contribution in [0.1, 0.15) is 10.4 Å². The van der Waals surface area contributed by atoms with E-state index in [0.29, 0.717) is 24.6 Å². The van der Waals surface area contributed by atoms with Crippen molar-refractivity contribution in [3.05, 3.63) is 54.1 Å². The molecule has 0 aliphatic carbocycles. The van der Waals surface area contributed by atoms with E-state index < -0.39 is 12.0 Å². The lowest BCUT2D eigenvalue weighted by Crippen LogP contribution is -2.32. The van der Waals surface area contributed by atoms with Gasteiger partial charge in [0.15, 0.2) is 0 Å². The first-order chi connectivity index (χ1) is 12.1. The van der Waals surface area contributed by atoms with Gasteiger partial charge in [0.2, 0.25) is 0 Å². The van der Waals surface area contributed by atoms with Gasteiger partial charge >= 0.3 is 12.0 Å². The van der Waals surface area contributed by atoms with Crippen LogP contribution in [0.4, 0.5) is 10.5 Å². The molecule has 7 nitrogen and oxygen atoms in total. The van der Waals surface area contributed by atoms with E-state index in [1.54, 1.807) is 55.6 Å². The largest absolute Gasteiger partial charge is 0.497 e. The van der Waals surface area contributed by atoms with E-state index in [2.05, 4.69) is 15.4 Å². The molecule has 0 spiro atoms. The molecular formula is C18H20N2O5. The molecule has 2 amide bonds. The quantitative estimate of drug-likeness (QED) is 0.596. The third-order valence-corrected chi connectivity index (χ3v) is 3.30. The Morgan fingerprint density at radius 1 is 0.960 bits per heavy atom. The molecule has 0 atom stereocenters. The van der Waals surface area contributed by atoms with Gasteiger partial charge in [0, 0.05) is 0 Å². The van der Waals surface area contributed by atoms with Crippen molar-refractivity contribution >= 4 is 17.7 Å². The van der Waals surface area contributed by atoms with Crippen LogP contribution in [0, 0.1) is 0 Å². The van der Waals surface area contributed by atoms with Crippen LogP contribution in [-0.4, -0.2) is 39.4 Å². The molecule has 0 saturated heterocycles. The number of para-hydroxylation sites is 1. The first kappa shape index (κ1) is 18.1. The Labute approximate surface area is 145 Å². The lowest BCUT2D eigenvalue weighted by atomic mass is 10.2. The van der Waals surface area contributed by atoms with E-state index in [9.17, 15) is 9.59 Å². The summed E-state index contributed by atoms with van der Waals surface area (Å²) in [5.41, 5.74) is 0.664. The highest BCUT2D eigenvalue weighted by Crippen LogP contribution is 2.17. The summed E-state index contributed by atoms with van der Waals surface area (Å²) < 4.78 is 15.3. The first-order valence-corrected chi connectivity index (χ1v) is 7.63. The van der Waals surface area contributed by atoms with Gasteiger partial charge in [0.25, 0.3) is 0 Å². The first-order valence-electron chi connectivity index (χ1n) is 7.63. The molecule has 0 unspecified atom stereocenters. The Bertz CT molecular complexity index is 716. The zero-order valence-corrected chi connectivity index (χ0v) is 14.1. The summed E-state index contributed by atoms with van der Waals surface area (Å²) in [4.78, 5) is 23.6. The van der Waals surface area contributed by atoms with Crippen molar-refractivity contribution in [1.29, 1.82) is 0 Å². The number of hydrogen-bond donors (Lipinski definition) is 2. The molecule has 0 aromatic heterocycles. The van der Waals surface area contributed by atoms with Gasteiger partial charge in [-0.15, -0.1) is 0 Å². The Kier molecular flexibility index (Phi) is 6.65. The average Bonchev–Trinajstić information content (AvgIpc) is 2.65. The molecular weight excluding hydrogens is 324 g/mol. The molecule has 0 saturated carbocycles. The molecule has 0 aliphatic rings. The number of benzene rings is 2. The molecule has 0 heterocycles. The SMILES string of the molecule is COC(=O)c1ccccc1NC(=O)NCCOc1ccc(OC)cc1. The molecule has 2 aromatic carbocycles. The molecule has 0 aliphatic heterocycles. The molecule has 0 fully saturated rings. The molecule has 0 radical (unpaired) electrons. The zero-order chi connectivity index (χ0) is 18.1. The molecule has 2 aromatic rings. The maximum atomic E-state index is 11.9. The van der Waals surface area contributed by atoms with E-state index in [0.717, 1.165) is 5.75 Å². The van der Waals surface area contributed by atoms with Gasteiger partial charge in [-0.3, -0.25) is 0 Å². The van der Waals surface area contributed by atoms with Gasteiger partial charge in [0.1, 0.15) is 18.1 Å². The van der Waals surface area contributed by atoms with Crippen LogP contribution in [0.3, 0.4) is 0 Å². The molecule has 25 heavy (non-hydrogen) atoms. The van der Waals surface area contributed by atoms with Crippen LogP contribution in [-0.2, 0) is 4.74 Å². The number of rotatable bonds is 7. The Hall–Kier alpha value is -3.22. The van der Waals surface area contributed by atoms with Gasteiger partial charge < -0.3 is 24.8 Å². The number of esters is 1. The summed E-state index contributed by atoms with van der Waals surface area (Å²) >= 11 is 0. The molecule has 7 heteroatoms. The van der Waals surface area contributed by atoms with Crippen molar-refractivity contribution in [3.8, 4) is 11.5 Å². The number of nitrogens with one attached hydrogen (secondary N) is 2. The summed E-state index contributed by atoms with van der Waals surface area (Å²) in [5, 5.41) is 5.27. The Balaban J connectivity index is 1.78. The lowest BCUT2D eigenvalue weighted by Gasteiger charge is -2.11. The van der Waals surface area contributed by atoms with Crippen LogP contribution >= 0.6 is 0 Å². The number of anilines is 1. The van der Waals surface area contributed by atoms with E-state index in [1.165, 1.54) is 7.11 Å². The second kappa shape index (κ2) is 9.17. The zero-order valence-electron chi connectivity index (χ0n) is 14.1. The summed E-state index contributed by atoms with van der Waals surface area (Å²) in [6.07, 6.45) is 0. The lowest BCUT2D eigenvalue weighted by molar-refractivity contribution is 0.0602. The summed E-state index contributed by atoms with van der Waals surface area (Å²) in [6.45, 7) is 0.608. The van der Waals surface area contributed by atoms with Crippen molar-refractivity contribution in [2.75, 3.05) is 32.7 Å². The predicted molar refractivity (Wildman–Crippen MR) is 93.3 cm³/mol. The van der Waals surface area contributed by atoms with Crippen molar-refractivity contribution in [3.63, 3.8) is 0 Å². The second-order valence-electron chi connectivity index (χ2n) is 4.94. The van der Waals surface area contributed by atoms with Gasteiger partial charge in [-0.05, 0) is 36.4 Å². The molecule has 2 rings (SSSR count). The van der Waals surface area contributed by atoms with Crippen LogP contribution in [0.25, 0.3) is 0 Å². The predicted octanol–water partition coefficient (Wildman–Crippen LogP) is 2.68. The van der Waals surface area contributed by atoms with Crippen LogP contribution in [0.5, 0.6) is 11.5 Å². The number of urea groups is 1. The van der Waals surface area contributed by atoms with E-state index in [-0.39, 0.29) is 5.56 Å². The fourth-order valence-electron chi connectivity index (χ4n) is 2.05. The third-order valence-electron chi connectivity index (χ3n) is 3.30. The number of carbonyl (C=O) groups excluding carboxylic acids is 2. The number of amides is 2. The third kappa shape index (κ3) is 5.42. The Morgan fingerprint density at radius 2 is 1.64 bits per heavy atom. The fourth-order valence-corrected chi connectivity index (χ4v) is 2.05. The summed E-state index contributed by atoms with van der Waals surface area (Å²) in [5.74, 6) is 0.909. The topological polar surface area (TPSA) is 85.9 Å². The Morgan fingerprint density at radius 3 is 2.32 bits per heavy atom. The van der Waals surface area contributed by atoms with Crippen LogP contribution in [0.15, 0.2) is 48.5 Å². The number of carbonyl (C=O) groups is 2. The van der Waals surface area contributed by atoms with Gasteiger partial charge in [-0.25, -0.2) is 9.59 Å². The number of hydrogen-bond acceptors (Lipinski definition) is 5. The standard InChI is InChI=1S/C18H20N2O5/c1-23-13-7-9-14(10-8-13)25-12-11-19-18(22)20-16-6-4-3-5-15(16)17(21)24-2/h3-10H,11-12H2,1-2H3,(H2,19,20,22). The van der Waals surface area contributed by atoms with Crippen molar-refractivity contribution < 1.29 is 23.8 Å². The molecule has 0 bridgehead atoms. The smallest absolute Gasteiger partial charge is 0.339 e. The van der Waals surface area contributed by atoms with Crippen molar-refractivity contribution in [1.82, 2.24) is 5.32 Å². The van der Waals surface area contributed by atoms with Crippen LogP contribution < -0.4 is 20.1 Å². The molecule has 132 valence electrons. The van der Waals surface area contributed by atoms with Crippen molar-refractivity contribution in [2.45, 2.75) is 0 Å². The van der Waals surface area contributed by atoms with Crippen LogP contribution in [0.2, 0.25) is 0 Å². The van der Waals surface area contributed by atoms with E-state index in [4.69, 9.17) is 9.47 Å². The summed E-state index contributed by atoms with van der Waals surface area (Å²) in [6, 6.07) is 13.3.